The SMILES string of the molecule is CN1CCc2cc(NCCCN3CCCC3)ccc2C1=O.CNc1ccc2c(=O)n(C)cnc2c1.COc1ccc2c(=O)n(C)cnc2c1.Cn1ccc2c3c(ccc2c1=O)NCC3.Cn1ccc2cc(C3=NCCO3)ccc2c1=O.Cn1ccc2cc(NCCCN3CCCCC3)ccc2c1=O.Cn1ccc2cc(NCCCN3CCOCC3)ccc2c1=O.Cn1cnc2cc(Cl)ccc2c1=O.Cn1cnc2ccccc2c1=O. The lowest BCUT2D eigenvalue weighted by atomic mass is 9.98. The third-order valence-electron chi connectivity index (χ3n) is 27.3. The smallest absolute Gasteiger partial charge is 0.260 e. The number of anilines is 5. The predicted molar refractivity (Wildman–Crippen MR) is 605 cm³/mol. The van der Waals surface area contributed by atoms with Gasteiger partial charge in [0.25, 0.3) is 50.4 Å². The number of halogens is 1. The average Bonchev–Trinajstić information content (AvgIpc) is 1.60. The summed E-state index contributed by atoms with van der Waals surface area (Å²) in [5.41, 5.74) is 12.6. The van der Waals surface area contributed by atoms with Crippen LogP contribution in [0.15, 0.2) is 282 Å². The number of hydrogen-bond acceptors (Lipinski definition) is 25. The Morgan fingerprint density at radius 3 is 1.35 bits per heavy atom. The van der Waals surface area contributed by atoms with Crippen molar-refractivity contribution in [3.63, 3.8) is 0 Å². The molecule has 6 aliphatic heterocycles. The molecular formula is C115H133ClN22O12. The molecule has 0 bridgehead atoms. The van der Waals surface area contributed by atoms with E-state index in [9.17, 15) is 43.2 Å². The van der Waals surface area contributed by atoms with Crippen LogP contribution in [0.3, 0.4) is 0 Å². The first-order chi connectivity index (χ1) is 72.6. The van der Waals surface area contributed by atoms with Gasteiger partial charge in [-0.25, -0.2) is 24.9 Å². The van der Waals surface area contributed by atoms with Gasteiger partial charge in [0.15, 0.2) is 0 Å². The highest BCUT2D eigenvalue weighted by atomic mass is 35.5. The minimum Gasteiger partial charge on any atom is -0.497 e. The molecule has 5 N–H and O–H groups in total. The summed E-state index contributed by atoms with van der Waals surface area (Å²) in [6.45, 7) is 18.4. The summed E-state index contributed by atoms with van der Waals surface area (Å²) in [4.78, 5) is 136. The molecule has 0 spiro atoms. The van der Waals surface area contributed by atoms with E-state index >= 15 is 0 Å². The van der Waals surface area contributed by atoms with Gasteiger partial charge in [0.05, 0.1) is 95.8 Å². The molecule has 0 atom stereocenters. The molecule has 8 aromatic heterocycles. The van der Waals surface area contributed by atoms with E-state index in [1.54, 1.807) is 141 Å². The number of methoxy groups -OCH3 is 1. The zero-order chi connectivity index (χ0) is 106. The number of nitrogens with zero attached hydrogens (tertiary/aromatic N) is 17. The van der Waals surface area contributed by atoms with E-state index in [2.05, 4.69) is 78.3 Å². The van der Waals surface area contributed by atoms with Gasteiger partial charge in [-0.1, -0.05) is 30.2 Å². The van der Waals surface area contributed by atoms with Gasteiger partial charge in [-0.05, 0) is 306 Å². The second-order valence-electron chi connectivity index (χ2n) is 37.9. The van der Waals surface area contributed by atoms with Crippen LogP contribution in [0.1, 0.15) is 78.4 Å². The number of carbonyl (C=O) groups is 1. The highest BCUT2D eigenvalue weighted by Gasteiger charge is 2.23. The molecule has 0 saturated carbocycles. The number of ether oxygens (including phenoxy) is 3. The van der Waals surface area contributed by atoms with Gasteiger partial charge < -0.3 is 92.0 Å². The summed E-state index contributed by atoms with van der Waals surface area (Å²) in [5.74, 6) is 1.53. The molecule has 782 valence electrons. The number of morpholine rings is 1. The monoisotopic (exact) mass is 2050 g/mol. The molecule has 34 nitrogen and oxygen atoms in total. The van der Waals surface area contributed by atoms with E-state index in [4.69, 9.17) is 25.8 Å². The second-order valence-corrected chi connectivity index (χ2v) is 38.3. The normalized spacial score (nSPS) is 14.1. The Morgan fingerprint density at radius 2 is 0.813 bits per heavy atom. The number of piperidine rings is 1. The molecule has 150 heavy (non-hydrogen) atoms. The van der Waals surface area contributed by atoms with Gasteiger partial charge in [0.1, 0.15) is 12.4 Å². The maximum Gasteiger partial charge on any atom is 0.260 e. The molecule has 35 heteroatoms. The number of nitrogens with one attached hydrogen (secondary N) is 5. The number of likely N-dealkylation sites (N-methyl/N-ethyl adjacent to an activating group) is 1. The van der Waals surface area contributed by atoms with Crippen molar-refractivity contribution in [2.24, 2.45) is 61.4 Å². The number of para-hydroxylation sites is 1. The number of hydrogen-bond donors (Lipinski definition) is 5. The predicted octanol–water partition coefficient (Wildman–Crippen LogP) is 14.0. The summed E-state index contributed by atoms with van der Waals surface area (Å²) in [5, 5.41) is 26.9. The third-order valence-corrected chi connectivity index (χ3v) is 27.5. The molecule has 3 saturated heterocycles. The first-order valence-corrected chi connectivity index (χ1v) is 51.3. The van der Waals surface area contributed by atoms with E-state index in [0.29, 0.717) is 62.4 Å². The molecule has 14 heterocycles. The number of amides is 1. The highest BCUT2D eigenvalue weighted by Crippen LogP contribution is 2.30. The summed E-state index contributed by atoms with van der Waals surface area (Å²) < 4.78 is 28.1. The number of pyridine rings is 4. The number of fused-ring (bicyclic) bond motifs is 11. The van der Waals surface area contributed by atoms with Crippen LogP contribution < -0.4 is 75.8 Å². The van der Waals surface area contributed by atoms with Crippen molar-refractivity contribution in [3.05, 3.63) is 348 Å². The standard InChI is InChI=1S/C18H25N3O.C17H23N3O2.C17H25N3O.C13H12N2O2.C12H12N2O.C10H11N3O.C10H10N2O2.C9H7ClN2O.C9H8N2O/c1-20-13-8-15-14-16(6-7-17(15)18(20)22)19-9-5-12-21-10-3-2-4-11-21;1-19-8-5-14-13-15(3-4-16(14)17(19)21)18-6-2-7-20-9-11-22-12-10-20;1-19-12-7-14-13-15(5-6-16(14)17(19)21)18-8-4-11-20-9-2-3-10-20;1-15-6-4-9-8-10(12-14-5-7-17-12)2-3-11(9)13(15)16;1-14-7-5-8-9-4-6-13-11(9)3-2-10(8)12(14)15;1-11-7-3-4-8-9(5-7)12-6-13(2)10(8)14;1-12-6-11-9-5-7(14-2)3-4-8(9)10(12)13;1-12-5-11-8-4-6(10)2-3-7(8)9(12)13;1-11-6-10-8-5-3-2-4-7(8)9(11)12/h6-8,13-14,19H,2-5,9-12H2,1H3;3-5,8,13,18H,2,6-7,9-12H2,1H3;5-6,13,18H,2-4,7-12H2,1H3;2-4,6,8H,5,7H2,1H3;2-3,5,7,13H,4,6H2,1H3;3-6,11H,1-2H3;3-6H,1-2H3;2-5H,1H3;2-6H,1H3. The Labute approximate surface area is 873 Å². The molecule has 0 unspecified atom stereocenters. The zero-order valence-corrected chi connectivity index (χ0v) is 88.0. The molecule has 1 amide bonds. The van der Waals surface area contributed by atoms with Crippen molar-refractivity contribution in [2.75, 3.05) is 166 Å². The molecule has 3 fully saturated rings. The lowest BCUT2D eigenvalue weighted by Crippen LogP contribution is -2.37. The Morgan fingerprint density at radius 1 is 0.380 bits per heavy atom. The Hall–Kier alpha value is -15.8. The van der Waals surface area contributed by atoms with Crippen LogP contribution in [0.4, 0.5) is 28.4 Å². The molecule has 0 aliphatic carbocycles. The van der Waals surface area contributed by atoms with E-state index in [-0.39, 0.29) is 50.4 Å². The van der Waals surface area contributed by atoms with Crippen LogP contribution >= 0.6 is 11.6 Å². The van der Waals surface area contributed by atoms with Crippen LogP contribution in [-0.2, 0) is 78.7 Å². The first kappa shape index (κ1) is 108. The Bertz CT molecular complexity index is 8000. The minimum atomic E-state index is -0.0540. The number of aryl methyl sites for hydroxylation is 8. The number of aliphatic imine (C=N–C) groups is 1. The van der Waals surface area contributed by atoms with Crippen LogP contribution in [-0.4, -0.2) is 227 Å². The lowest BCUT2D eigenvalue weighted by Gasteiger charge is -2.26. The fraction of sp³-hybridized carbons (Fsp3) is 0.339. The quantitative estimate of drug-likeness (QED) is 0.0498. The molecule has 9 aromatic carbocycles. The molecular weight excluding hydrogens is 1920 g/mol. The van der Waals surface area contributed by atoms with Crippen molar-refractivity contribution in [1.29, 1.82) is 0 Å². The largest absolute Gasteiger partial charge is 0.497 e. The van der Waals surface area contributed by atoms with Gasteiger partial charge in [-0.15, -0.1) is 0 Å². The molecule has 6 aliphatic rings. The van der Waals surface area contributed by atoms with E-state index in [1.807, 2.05) is 160 Å². The van der Waals surface area contributed by atoms with Crippen molar-refractivity contribution in [1.82, 2.24) is 76.1 Å². The maximum absolute atomic E-state index is 12.0. The summed E-state index contributed by atoms with van der Waals surface area (Å²) in [6.07, 6.45) is 25.5. The fourth-order valence-electron chi connectivity index (χ4n) is 18.5. The van der Waals surface area contributed by atoms with E-state index in [0.717, 1.165) is 179 Å². The van der Waals surface area contributed by atoms with E-state index in [1.165, 1.54) is 138 Å². The number of aromatic nitrogens is 12. The third kappa shape index (κ3) is 28.0. The summed E-state index contributed by atoms with van der Waals surface area (Å²) in [6, 6.07) is 58.7. The number of likely N-dealkylation sites (tertiary alicyclic amines) is 2. The summed E-state index contributed by atoms with van der Waals surface area (Å²) >= 11 is 5.76. The topological polar surface area (TPSA) is 358 Å². The van der Waals surface area contributed by atoms with Gasteiger partial charge in [0.2, 0.25) is 5.90 Å². The van der Waals surface area contributed by atoms with Crippen LogP contribution in [0.5, 0.6) is 5.75 Å². The zero-order valence-electron chi connectivity index (χ0n) is 87.2. The number of benzene rings is 9. The average molecular weight is 2050 g/mol. The fourth-order valence-corrected chi connectivity index (χ4v) is 18.7. The van der Waals surface area contributed by atoms with Crippen LogP contribution in [0, 0.1) is 0 Å². The van der Waals surface area contributed by atoms with Crippen LogP contribution in [0.25, 0.3) is 86.7 Å². The van der Waals surface area contributed by atoms with E-state index < -0.39 is 0 Å². The van der Waals surface area contributed by atoms with Gasteiger partial charge in [-0.2, -0.15) is 0 Å². The highest BCUT2D eigenvalue weighted by molar-refractivity contribution is 6.31. The lowest BCUT2D eigenvalue weighted by molar-refractivity contribution is 0.0378. The van der Waals surface area contributed by atoms with Crippen molar-refractivity contribution in [3.8, 4) is 5.75 Å². The van der Waals surface area contributed by atoms with Crippen molar-refractivity contribution < 1.29 is 19.0 Å². The minimum absolute atomic E-state index is 0.000556. The Kier molecular flexibility index (Phi) is 37.8. The summed E-state index contributed by atoms with van der Waals surface area (Å²) in [7, 11) is 19.1. The maximum atomic E-state index is 12.0. The number of rotatable bonds is 18. The molecule has 0 radical (unpaired) electrons. The van der Waals surface area contributed by atoms with Crippen molar-refractivity contribution in [2.45, 2.75) is 64.2 Å². The van der Waals surface area contributed by atoms with Crippen LogP contribution in [0.2, 0.25) is 5.02 Å². The molecule has 23 rings (SSSR count). The first-order valence-electron chi connectivity index (χ1n) is 51.0. The van der Waals surface area contributed by atoms with Gasteiger partial charge in [0, 0.05) is 213 Å². The molecule has 17 aromatic rings. The van der Waals surface area contributed by atoms with Gasteiger partial charge in [-0.3, -0.25) is 48.1 Å². The van der Waals surface area contributed by atoms with Gasteiger partial charge >= 0.3 is 0 Å². The van der Waals surface area contributed by atoms with Crippen molar-refractivity contribution >= 4 is 139 Å². The second kappa shape index (κ2) is 52.2. The Balaban J connectivity index is 0.000000127. The number of carbonyl (C=O) groups excluding carboxylic acids is 1.